The molecule has 9 heteroatoms. The fourth-order valence-corrected chi connectivity index (χ4v) is 3.29. The van der Waals surface area contributed by atoms with Gasteiger partial charge in [0, 0.05) is 23.4 Å². The Morgan fingerprint density at radius 2 is 2.00 bits per heavy atom. The van der Waals surface area contributed by atoms with Gasteiger partial charge < -0.3 is 19.3 Å². The van der Waals surface area contributed by atoms with Crippen molar-refractivity contribution in [2.45, 2.75) is 19.4 Å². The standard InChI is InChI=1S/C17H18N4O3S.ClH/c1-10(18-2)7-15-20-16(24-21-15)12-9-25-17(19-12)11-3-4-13-14(8-11)23-6-5-22-13;/h3-4,8-10,18H,5-7H2,1-2H3;1H. The second-order valence-corrected chi connectivity index (χ2v) is 6.66. The summed E-state index contributed by atoms with van der Waals surface area (Å²) in [4.78, 5) is 9.05. The molecule has 1 atom stereocenters. The lowest BCUT2D eigenvalue weighted by Crippen LogP contribution is -2.24. The highest BCUT2D eigenvalue weighted by Gasteiger charge is 2.17. The van der Waals surface area contributed by atoms with E-state index in [2.05, 4.69) is 27.4 Å². The Bertz CT molecular complexity index is 883. The van der Waals surface area contributed by atoms with E-state index in [9.17, 15) is 0 Å². The van der Waals surface area contributed by atoms with Gasteiger partial charge in [-0.05, 0) is 32.2 Å². The summed E-state index contributed by atoms with van der Waals surface area (Å²) in [6.45, 7) is 3.22. The minimum absolute atomic E-state index is 0. The topological polar surface area (TPSA) is 82.3 Å². The Hall–Kier alpha value is -2.16. The smallest absolute Gasteiger partial charge is 0.277 e. The monoisotopic (exact) mass is 394 g/mol. The van der Waals surface area contributed by atoms with Crippen LogP contribution in [-0.4, -0.2) is 41.4 Å². The first-order valence-corrected chi connectivity index (χ1v) is 8.96. The number of benzene rings is 1. The minimum atomic E-state index is 0. The summed E-state index contributed by atoms with van der Waals surface area (Å²) in [5.74, 6) is 2.64. The molecule has 4 rings (SSSR count). The minimum Gasteiger partial charge on any atom is -0.486 e. The molecule has 1 aliphatic heterocycles. The van der Waals surface area contributed by atoms with Crippen molar-refractivity contribution >= 4 is 23.7 Å². The number of likely N-dealkylation sites (N-methyl/N-ethyl adjacent to an activating group) is 1. The van der Waals surface area contributed by atoms with Crippen molar-refractivity contribution in [1.29, 1.82) is 0 Å². The number of hydrogen-bond donors (Lipinski definition) is 1. The SMILES string of the molecule is CNC(C)Cc1noc(-c2csc(-c3ccc4c(c3)OCCO4)n2)n1.Cl. The third kappa shape index (κ3) is 3.82. The van der Waals surface area contributed by atoms with E-state index in [1.54, 1.807) is 0 Å². The van der Waals surface area contributed by atoms with E-state index in [0.717, 1.165) is 22.1 Å². The third-order valence-electron chi connectivity index (χ3n) is 3.96. The van der Waals surface area contributed by atoms with E-state index in [0.29, 0.717) is 37.0 Å². The van der Waals surface area contributed by atoms with Crippen LogP contribution >= 0.6 is 23.7 Å². The quantitative estimate of drug-likeness (QED) is 0.711. The largest absolute Gasteiger partial charge is 0.486 e. The maximum Gasteiger partial charge on any atom is 0.277 e. The molecular formula is C17H19ClN4O3S. The first-order chi connectivity index (χ1) is 12.2. The van der Waals surface area contributed by atoms with Crippen LogP contribution in [0.4, 0.5) is 0 Å². The number of nitrogens with zero attached hydrogens (tertiary/aromatic N) is 3. The predicted molar refractivity (Wildman–Crippen MR) is 101 cm³/mol. The molecule has 0 saturated heterocycles. The molecule has 7 nitrogen and oxygen atoms in total. The van der Waals surface area contributed by atoms with Gasteiger partial charge in [-0.2, -0.15) is 4.98 Å². The molecule has 0 radical (unpaired) electrons. The molecule has 0 saturated carbocycles. The van der Waals surface area contributed by atoms with E-state index < -0.39 is 0 Å². The summed E-state index contributed by atoms with van der Waals surface area (Å²) in [5, 5.41) is 9.97. The van der Waals surface area contributed by atoms with Gasteiger partial charge in [-0.3, -0.25) is 0 Å². The average molecular weight is 395 g/mol. The van der Waals surface area contributed by atoms with Crippen LogP contribution < -0.4 is 14.8 Å². The van der Waals surface area contributed by atoms with Crippen molar-refractivity contribution in [2.75, 3.05) is 20.3 Å². The lowest BCUT2D eigenvalue weighted by atomic mass is 10.2. The van der Waals surface area contributed by atoms with Crippen LogP contribution in [0.5, 0.6) is 11.5 Å². The molecule has 138 valence electrons. The molecule has 1 aromatic carbocycles. The first kappa shape index (κ1) is 18.6. The highest BCUT2D eigenvalue weighted by Crippen LogP contribution is 2.36. The van der Waals surface area contributed by atoms with Crippen molar-refractivity contribution in [3.05, 3.63) is 29.4 Å². The van der Waals surface area contributed by atoms with Crippen molar-refractivity contribution in [1.82, 2.24) is 20.4 Å². The zero-order valence-corrected chi connectivity index (χ0v) is 16.0. The van der Waals surface area contributed by atoms with Crippen LogP contribution in [0.2, 0.25) is 0 Å². The number of hydrogen-bond acceptors (Lipinski definition) is 8. The Morgan fingerprint density at radius 1 is 1.19 bits per heavy atom. The van der Waals surface area contributed by atoms with Crippen LogP contribution in [0.3, 0.4) is 0 Å². The van der Waals surface area contributed by atoms with Gasteiger partial charge in [0.2, 0.25) is 0 Å². The Kier molecular flexibility index (Phi) is 5.75. The molecule has 0 aliphatic carbocycles. The van der Waals surface area contributed by atoms with Gasteiger partial charge in [0.05, 0.1) is 0 Å². The molecule has 26 heavy (non-hydrogen) atoms. The maximum atomic E-state index is 5.63. The number of rotatable bonds is 5. The maximum absolute atomic E-state index is 5.63. The molecule has 3 heterocycles. The van der Waals surface area contributed by atoms with Crippen molar-refractivity contribution in [3.63, 3.8) is 0 Å². The zero-order valence-electron chi connectivity index (χ0n) is 14.4. The van der Waals surface area contributed by atoms with Crippen molar-refractivity contribution in [2.24, 2.45) is 0 Å². The summed E-state index contributed by atoms with van der Waals surface area (Å²) in [7, 11) is 1.91. The Morgan fingerprint density at radius 3 is 2.81 bits per heavy atom. The lowest BCUT2D eigenvalue weighted by Gasteiger charge is -2.18. The normalized spacial score (nSPS) is 13.9. The molecule has 1 N–H and O–H groups in total. The number of ether oxygens (including phenoxy) is 2. The lowest BCUT2D eigenvalue weighted by molar-refractivity contribution is 0.171. The first-order valence-electron chi connectivity index (χ1n) is 8.08. The number of fused-ring (bicyclic) bond motifs is 1. The van der Waals surface area contributed by atoms with Gasteiger partial charge in [0.1, 0.15) is 23.9 Å². The summed E-state index contributed by atoms with van der Waals surface area (Å²) in [6, 6.07) is 6.12. The second-order valence-electron chi connectivity index (χ2n) is 5.81. The van der Waals surface area contributed by atoms with Crippen LogP contribution in [0, 0.1) is 0 Å². The molecule has 0 amide bonds. The van der Waals surface area contributed by atoms with Crippen LogP contribution in [0.1, 0.15) is 12.7 Å². The fourth-order valence-electron chi connectivity index (χ4n) is 2.50. The van der Waals surface area contributed by atoms with Crippen molar-refractivity contribution < 1.29 is 14.0 Å². The molecule has 0 fully saturated rings. The Balaban J connectivity index is 0.00000196. The van der Waals surface area contributed by atoms with E-state index in [-0.39, 0.29) is 18.4 Å². The summed E-state index contributed by atoms with van der Waals surface area (Å²) < 4.78 is 16.5. The van der Waals surface area contributed by atoms with Gasteiger partial charge in [-0.25, -0.2) is 4.98 Å². The molecule has 3 aromatic rings. The number of nitrogens with one attached hydrogen (secondary N) is 1. The zero-order chi connectivity index (χ0) is 17.2. The highest BCUT2D eigenvalue weighted by molar-refractivity contribution is 7.13. The molecule has 1 aliphatic rings. The molecule has 0 bridgehead atoms. The fraction of sp³-hybridized carbons (Fsp3) is 0.353. The van der Waals surface area contributed by atoms with E-state index in [1.165, 1.54) is 11.3 Å². The number of halogens is 1. The van der Waals surface area contributed by atoms with Crippen LogP contribution in [-0.2, 0) is 6.42 Å². The highest BCUT2D eigenvalue weighted by atomic mass is 35.5. The predicted octanol–water partition coefficient (Wildman–Crippen LogP) is 3.20. The molecule has 1 unspecified atom stereocenters. The summed E-state index contributed by atoms with van der Waals surface area (Å²) >= 11 is 1.53. The molecule has 0 spiro atoms. The molecular weight excluding hydrogens is 376 g/mol. The van der Waals surface area contributed by atoms with Gasteiger partial charge in [0.25, 0.3) is 5.89 Å². The average Bonchev–Trinajstić information content (AvgIpc) is 3.30. The van der Waals surface area contributed by atoms with Gasteiger partial charge in [-0.15, -0.1) is 23.7 Å². The van der Waals surface area contributed by atoms with Crippen LogP contribution in [0.25, 0.3) is 22.2 Å². The van der Waals surface area contributed by atoms with Gasteiger partial charge in [0.15, 0.2) is 17.3 Å². The second kappa shape index (κ2) is 8.03. The van der Waals surface area contributed by atoms with Crippen molar-refractivity contribution in [3.8, 4) is 33.7 Å². The Labute approximate surface area is 161 Å². The van der Waals surface area contributed by atoms with E-state index in [4.69, 9.17) is 14.0 Å². The van der Waals surface area contributed by atoms with E-state index in [1.807, 2.05) is 30.6 Å². The summed E-state index contributed by atoms with van der Waals surface area (Å²) in [5.41, 5.74) is 1.66. The van der Waals surface area contributed by atoms with Crippen LogP contribution in [0.15, 0.2) is 28.1 Å². The number of thiazole rings is 1. The third-order valence-corrected chi connectivity index (χ3v) is 4.85. The van der Waals surface area contributed by atoms with Gasteiger partial charge >= 0.3 is 0 Å². The van der Waals surface area contributed by atoms with E-state index >= 15 is 0 Å². The summed E-state index contributed by atoms with van der Waals surface area (Å²) in [6.07, 6.45) is 0.707. The number of aromatic nitrogens is 3. The molecule has 2 aromatic heterocycles. The van der Waals surface area contributed by atoms with Gasteiger partial charge in [-0.1, -0.05) is 5.16 Å².